The normalized spacial score (nSPS) is 13.5. The molecule has 2 N–H and O–H groups in total. The van der Waals surface area contributed by atoms with Gasteiger partial charge in [0.2, 0.25) is 5.76 Å². The van der Waals surface area contributed by atoms with Crippen molar-refractivity contribution >= 4 is 22.7 Å². The number of aliphatic carboxylic acids is 1. The van der Waals surface area contributed by atoms with E-state index < -0.39 is 28.0 Å². The van der Waals surface area contributed by atoms with Gasteiger partial charge in [0.15, 0.2) is 5.25 Å². The van der Waals surface area contributed by atoms with Crippen molar-refractivity contribution < 1.29 is 28.4 Å². The lowest BCUT2D eigenvalue weighted by molar-refractivity contribution is -0.136. The fourth-order valence-corrected chi connectivity index (χ4v) is 3.12. The largest absolute Gasteiger partial charge is 0.480 e. The lowest BCUT2D eigenvalue weighted by Crippen LogP contribution is -2.18. The average molecular weight is 308 g/mol. The van der Waals surface area contributed by atoms with Gasteiger partial charge in [0.25, 0.3) is 0 Å². The molecule has 0 fully saturated rings. The number of benzene rings is 1. The van der Waals surface area contributed by atoms with Gasteiger partial charge in [-0.1, -0.05) is 30.3 Å². The molecule has 0 aliphatic carbocycles. The highest BCUT2D eigenvalue weighted by molar-refractivity contribution is 7.85. The van der Waals surface area contributed by atoms with E-state index in [1.54, 1.807) is 30.3 Å². The summed E-state index contributed by atoms with van der Waals surface area (Å²) in [6, 6.07) is 10.9. The van der Waals surface area contributed by atoms with Crippen molar-refractivity contribution in [3.63, 3.8) is 0 Å². The summed E-state index contributed by atoms with van der Waals surface area (Å²) in [5.74, 6) is -2.70. The molecule has 0 radical (unpaired) electrons. The summed E-state index contributed by atoms with van der Waals surface area (Å²) in [6.07, 6.45) is 0. The number of carboxylic acids is 2. The van der Waals surface area contributed by atoms with E-state index in [1.807, 2.05) is 0 Å². The smallest absolute Gasteiger partial charge is 0.371 e. The molecule has 1 aromatic heterocycles. The minimum atomic E-state index is -1.78. The van der Waals surface area contributed by atoms with Gasteiger partial charge in [0, 0.05) is 10.8 Å². The maximum absolute atomic E-state index is 12.3. The number of carboxylic acid groups (broad SMARTS) is 2. The highest BCUT2D eigenvalue weighted by Gasteiger charge is 2.27. The minimum Gasteiger partial charge on any atom is -0.480 e. The van der Waals surface area contributed by atoms with E-state index in [0.29, 0.717) is 5.56 Å². The fourth-order valence-electron chi connectivity index (χ4n) is 1.83. The predicted octanol–water partition coefficient (Wildman–Crippen LogP) is 2.05. The van der Waals surface area contributed by atoms with Crippen LogP contribution in [-0.4, -0.2) is 26.4 Å². The zero-order valence-corrected chi connectivity index (χ0v) is 11.6. The van der Waals surface area contributed by atoms with E-state index in [-0.39, 0.29) is 17.3 Å². The first-order valence-corrected chi connectivity index (χ1v) is 7.34. The standard InChI is InChI=1S/C14H12O6S/c15-13(16)11-7-6-10(20-11)8-21(19)12(14(17)18)9-4-2-1-3-5-9/h1-7,12H,8H2,(H,15,16)(H,17,18). The maximum atomic E-state index is 12.3. The second-order valence-electron chi connectivity index (χ2n) is 4.23. The summed E-state index contributed by atoms with van der Waals surface area (Å²) in [6.45, 7) is 0. The van der Waals surface area contributed by atoms with E-state index in [2.05, 4.69) is 0 Å². The summed E-state index contributed by atoms with van der Waals surface area (Å²) in [5, 5.41) is 16.8. The second kappa shape index (κ2) is 6.36. The van der Waals surface area contributed by atoms with Crippen LogP contribution in [0.2, 0.25) is 0 Å². The molecular weight excluding hydrogens is 296 g/mol. The van der Waals surface area contributed by atoms with Crippen LogP contribution in [0.1, 0.15) is 27.1 Å². The first-order valence-electron chi connectivity index (χ1n) is 5.96. The summed E-state index contributed by atoms with van der Waals surface area (Å²) in [7, 11) is -1.78. The Bertz CT molecular complexity index is 676. The molecule has 2 aromatic rings. The van der Waals surface area contributed by atoms with Crippen LogP contribution in [0.3, 0.4) is 0 Å². The molecule has 0 saturated carbocycles. The summed E-state index contributed by atoms with van der Waals surface area (Å²) in [4.78, 5) is 22.0. The van der Waals surface area contributed by atoms with Crippen LogP contribution in [0.25, 0.3) is 0 Å². The summed E-state index contributed by atoms with van der Waals surface area (Å²) < 4.78 is 17.3. The van der Waals surface area contributed by atoms with Crippen LogP contribution in [0.15, 0.2) is 46.9 Å². The summed E-state index contributed by atoms with van der Waals surface area (Å²) in [5.41, 5.74) is 0.424. The first-order chi connectivity index (χ1) is 9.99. The molecule has 0 spiro atoms. The number of carbonyl (C=O) groups is 2. The van der Waals surface area contributed by atoms with E-state index in [9.17, 15) is 18.9 Å². The monoisotopic (exact) mass is 308 g/mol. The van der Waals surface area contributed by atoms with Gasteiger partial charge in [-0.3, -0.25) is 9.00 Å². The molecule has 1 heterocycles. The molecular formula is C14H12O6S. The lowest BCUT2D eigenvalue weighted by Gasteiger charge is -2.11. The molecule has 0 amide bonds. The molecule has 7 heteroatoms. The molecule has 6 nitrogen and oxygen atoms in total. The van der Waals surface area contributed by atoms with Crippen molar-refractivity contribution in [2.75, 3.05) is 0 Å². The van der Waals surface area contributed by atoms with Crippen LogP contribution >= 0.6 is 0 Å². The Kier molecular flexibility index (Phi) is 4.54. The maximum Gasteiger partial charge on any atom is 0.371 e. The van der Waals surface area contributed by atoms with Gasteiger partial charge in [0.05, 0.1) is 5.75 Å². The molecule has 2 rings (SSSR count). The van der Waals surface area contributed by atoms with Gasteiger partial charge in [-0.05, 0) is 17.7 Å². The Morgan fingerprint density at radius 2 is 1.76 bits per heavy atom. The molecule has 0 saturated heterocycles. The van der Waals surface area contributed by atoms with Crippen molar-refractivity contribution in [2.45, 2.75) is 11.0 Å². The topological polar surface area (TPSA) is 105 Å². The van der Waals surface area contributed by atoms with Crippen molar-refractivity contribution in [1.29, 1.82) is 0 Å². The van der Waals surface area contributed by atoms with Crippen LogP contribution in [0.4, 0.5) is 0 Å². The van der Waals surface area contributed by atoms with Crippen molar-refractivity contribution in [1.82, 2.24) is 0 Å². The van der Waals surface area contributed by atoms with E-state index in [4.69, 9.17) is 9.52 Å². The van der Waals surface area contributed by atoms with Gasteiger partial charge in [0.1, 0.15) is 5.76 Å². The van der Waals surface area contributed by atoms with E-state index >= 15 is 0 Å². The van der Waals surface area contributed by atoms with E-state index in [1.165, 1.54) is 12.1 Å². The van der Waals surface area contributed by atoms with Gasteiger partial charge in [-0.2, -0.15) is 0 Å². The van der Waals surface area contributed by atoms with E-state index in [0.717, 1.165) is 0 Å². The number of aromatic carboxylic acids is 1. The Morgan fingerprint density at radius 3 is 2.29 bits per heavy atom. The number of furan rings is 1. The molecule has 21 heavy (non-hydrogen) atoms. The van der Waals surface area contributed by atoms with Gasteiger partial charge in [-0.15, -0.1) is 0 Å². The second-order valence-corrected chi connectivity index (χ2v) is 5.75. The molecule has 110 valence electrons. The SMILES string of the molecule is O=C(O)c1ccc(CS(=O)C(C(=O)O)c2ccccc2)o1. The highest BCUT2D eigenvalue weighted by Crippen LogP contribution is 2.23. The number of hydrogen-bond donors (Lipinski definition) is 2. The predicted molar refractivity (Wildman–Crippen MR) is 74.3 cm³/mol. The third-order valence-electron chi connectivity index (χ3n) is 2.75. The molecule has 0 bridgehead atoms. The minimum absolute atomic E-state index is 0.168. The third kappa shape index (κ3) is 3.57. The molecule has 0 aliphatic rings. The van der Waals surface area contributed by atoms with Gasteiger partial charge >= 0.3 is 11.9 Å². The van der Waals surface area contributed by atoms with Gasteiger partial charge in [-0.25, -0.2) is 4.79 Å². The van der Waals surface area contributed by atoms with Crippen LogP contribution in [0.5, 0.6) is 0 Å². The Hall–Kier alpha value is -2.41. The van der Waals surface area contributed by atoms with Gasteiger partial charge < -0.3 is 14.6 Å². The molecule has 0 aliphatic heterocycles. The van der Waals surface area contributed by atoms with Crippen LogP contribution in [-0.2, 0) is 21.3 Å². The molecule has 2 unspecified atom stereocenters. The molecule has 1 aromatic carbocycles. The zero-order valence-electron chi connectivity index (χ0n) is 10.8. The fraction of sp³-hybridized carbons (Fsp3) is 0.143. The zero-order chi connectivity index (χ0) is 15.4. The quantitative estimate of drug-likeness (QED) is 0.846. The first kappa shape index (κ1) is 15.0. The van der Waals surface area contributed by atoms with Crippen molar-refractivity contribution in [3.05, 3.63) is 59.5 Å². The average Bonchev–Trinajstić information content (AvgIpc) is 2.88. The Labute approximate surface area is 122 Å². The highest BCUT2D eigenvalue weighted by atomic mass is 32.2. The number of rotatable bonds is 6. The Balaban J connectivity index is 2.19. The number of hydrogen-bond acceptors (Lipinski definition) is 4. The molecule has 2 atom stereocenters. The third-order valence-corrected chi connectivity index (χ3v) is 4.32. The lowest BCUT2D eigenvalue weighted by atomic mass is 10.1. The van der Waals surface area contributed by atoms with Crippen LogP contribution < -0.4 is 0 Å². The van der Waals surface area contributed by atoms with Crippen molar-refractivity contribution in [2.24, 2.45) is 0 Å². The Morgan fingerprint density at radius 1 is 1.10 bits per heavy atom. The van der Waals surface area contributed by atoms with Crippen molar-refractivity contribution in [3.8, 4) is 0 Å². The van der Waals surface area contributed by atoms with Crippen LogP contribution in [0, 0.1) is 0 Å². The summed E-state index contributed by atoms with van der Waals surface area (Å²) >= 11 is 0.